The Morgan fingerprint density at radius 3 is 2.52 bits per heavy atom. The standard InChI is InChI=1S/C20H18N2O3/c1-25-20(24)18(22-19(23)15-9-11-21-12-10-15)13-16-7-4-6-14-5-2-3-8-17(14)16/h2-12,18H,13H2,1H3,(H,22,23)/t18-/m1/s1. The summed E-state index contributed by atoms with van der Waals surface area (Å²) in [5.74, 6) is -0.812. The van der Waals surface area contributed by atoms with E-state index in [2.05, 4.69) is 10.3 Å². The number of nitrogens with zero attached hydrogens (tertiary/aromatic N) is 1. The van der Waals surface area contributed by atoms with Crippen molar-refractivity contribution in [3.05, 3.63) is 78.1 Å². The Hall–Kier alpha value is -3.21. The molecule has 1 N–H and O–H groups in total. The second kappa shape index (κ2) is 7.57. The maximum absolute atomic E-state index is 12.4. The van der Waals surface area contributed by atoms with Crippen LogP contribution in [0.5, 0.6) is 0 Å². The molecule has 1 atom stereocenters. The average Bonchev–Trinajstić information content (AvgIpc) is 2.67. The number of nitrogens with one attached hydrogen (secondary N) is 1. The number of amides is 1. The van der Waals surface area contributed by atoms with Crippen LogP contribution in [0.25, 0.3) is 10.8 Å². The lowest BCUT2D eigenvalue weighted by Crippen LogP contribution is -2.43. The molecule has 0 aliphatic carbocycles. The van der Waals surface area contributed by atoms with Gasteiger partial charge in [0.15, 0.2) is 0 Å². The van der Waals surface area contributed by atoms with Gasteiger partial charge in [-0.2, -0.15) is 0 Å². The van der Waals surface area contributed by atoms with Crippen LogP contribution in [0, 0.1) is 0 Å². The molecule has 2 aromatic carbocycles. The van der Waals surface area contributed by atoms with Gasteiger partial charge < -0.3 is 10.1 Å². The van der Waals surface area contributed by atoms with Crippen molar-refractivity contribution in [1.29, 1.82) is 0 Å². The molecule has 5 heteroatoms. The molecule has 0 saturated heterocycles. The Kier molecular flexibility index (Phi) is 5.04. The average molecular weight is 334 g/mol. The van der Waals surface area contributed by atoms with Crippen LogP contribution in [0.1, 0.15) is 15.9 Å². The Morgan fingerprint density at radius 2 is 1.76 bits per heavy atom. The third-order valence-electron chi connectivity index (χ3n) is 4.04. The van der Waals surface area contributed by atoms with Gasteiger partial charge >= 0.3 is 5.97 Å². The number of fused-ring (bicyclic) bond motifs is 1. The van der Waals surface area contributed by atoms with Crippen molar-refractivity contribution < 1.29 is 14.3 Å². The number of hydrogen-bond donors (Lipinski definition) is 1. The number of carbonyl (C=O) groups excluding carboxylic acids is 2. The molecule has 0 saturated carbocycles. The van der Waals surface area contributed by atoms with E-state index in [1.165, 1.54) is 19.5 Å². The molecule has 1 amide bonds. The van der Waals surface area contributed by atoms with E-state index in [1.807, 2.05) is 42.5 Å². The normalized spacial score (nSPS) is 11.7. The van der Waals surface area contributed by atoms with E-state index in [0.717, 1.165) is 16.3 Å². The Bertz CT molecular complexity index is 888. The molecule has 3 rings (SSSR count). The summed E-state index contributed by atoms with van der Waals surface area (Å²) in [6.07, 6.45) is 3.42. The lowest BCUT2D eigenvalue weighted by molar-refractivity contribution is -0.142. The maximum Gasteiger partial charge on any atom is 0.328 e. The quantitative estimate of drug-likeness (QED) is 0.729. The summed E-state index contributed by atoms with van der Waals surface area (Å²) in [6.45, 7) is 0. The number of rotatable bonds is 5. The van der Waals surface area contributed by atoms with Crippen LogP contribution in [0.3, 0.4) is 0 Å². The number of hydrogen-bond acceptors (Lipinski definition) is 4. The van der Waals surface area contributed by atoms with Gasteiger partial charge in [0.25, 0.3) is 5.91 Å². The molecule has 0 aliphatic heterocycles. The van der Waals surface area contributed by atoms with Crippen molar-refractivity contribution in [2.75, 3.05) is 7.11 Å². The lowest BCUT2D eigenvalue weighted by atomic mass is 9.98. The number of pyridine rings is 1. The van der Waals surface area contributed by atoms with Gasteiger partial charge in [-0.1, -0.05) is 42.5 Å². The van der Waals surface area contributed by atoms with Crippen LogP contribution in [-0.2, 0) is 16.0 Å². The highest BCUT2D eigenvalue weighted by atomic mass is 16.5. The van der Waals surface area contributed by atoms with E-state index in [0.29, 0.717) is 12.0 Å². The maximum atomic E-state index is 12.4. The number of esters is 1. The molecule has 126 valence electrons. The fourth-order valence-electron chi connectivity index (χ4n) is 2.77. The van der Waals surface area contributed by atoms with Gasteiger partial charge in [0.2, 0.25) is 0 Å². The van der Waals surface area contributed by atoms with Gasteiger partial charge in [0.1, 0.15) is 6.04 Å². The molecule has 0 spiro atoms. The Morgan fingerprint density at radius 1 is 1.04 bits per heavy atom. The van der Waals surface area contributed by atoms with Crippen LogP contribution in [0.2, 0.25) is 0 Å². The molecular weight excluding hydrogens is 316 g/mol. The molecule has 5 nitrogen and oxygen atoms in total. The predicted molar refractivity (Wildman–Crippen MR) is 95.2 cm³/mol. The van der Waals surface area contributed by atoms with E-state index in [4.69, 9.17) is 4.74 Å². The molecule has 0 fully saturated rings. The van der Waals surface area contributed by atoms with Gasteiger partial charge in [-0.15, -0.1) is 0 Å². The minimum Gasteiger partial charge on any atom is -0.467 e. The summed E-state index contributed by atoms with van der Waals surface area (Å²) < 4.78 is 4.87. The molecule has 3 aromatic rings. The van der Waals surface area contributed by atoms with E-state index >= 15 is 0 Å². The van der Waals surface area contributed by atoms with Gasteiger partial charge in [-0.05, 0) is 28.5 Å². The number of benzene rings is 2. The van der Waals surface area contributed by atoms with Gasteiger partial charge in [0, 0.05) is 24.4 Å². The van der Waals surface area contributed by atoms with Crippen molar-refractivity contribution in [1.82, 2.24) is 10.3 Å². The Labute approximate surface area is 145 Å². The predicted octanol–water partition coefficient (Wildman–Crippen LogP) is 2.75. The van der Waals surface area contributed by atoms with Gasteiger partial charge in [-0.3, -0.25) is 9.78 Å². The van der Waals surface area contributed by atoms with E-state index in [-0.39, 0.29) is 5.91 Å². The fraction of sp³-hybridized carbons (Fsp3) is 0.150. The van der Waals surface area contributed by atoms with Gasteiger partial charge in [-0.25, -0.2) is 4.79 Å². The highest BCUT2D eigenvalue weighted by molar-refractivity contribution is 5.97. The Balaban J connectivity index is 1.86. The molecule has 0 unspecified atom stereocenters. The highest BCUT2D eigenvalue weighted by Gasteiger charge is 2.23. The number of ether oxygens (including phenoxy) is 1. The summed E-state index contributed by atoms with van der Waals surface area (Å²) in [5.41, 5.74) is 1.42. The molecule has 1 aromatic heterocycles. The second-order valence-corrected chi connectivity index (χ2v) is 5.63. The summed E-state index contributed by atoms with van der Waals surface area (Å²) in [6, 6.07) is 16.3. The third kappa shape index (κ3) is 3.83. The number of aromatic nitrogens is 1. The van der Waals surface area contributed by atoms with Crippen LogP contribution in [-0.4, -0.2) is 30.0 Å². The first-order valence-corrected chi connectivity index (χ1v) is 7.94. The summed E-state index contributed by atoms with van der Waals surface area (Å²) in [4.78, 5) is 28.4. The van der Waals surface area contributed by atoms with Crippen LogP contribution < -0.4 is 5.32 Å². The van der Waals surface area contributed by atoms with Crippen molar-refractivity contribution in [3.8, 4) is 0 Å². The van der Waals surface area contributed by atoms with E-state index in [1.54, 1.807) is 12.1 Å². The fourth-order valence-corrected chi connectivity index (χ4v) is 2.77. The first kappa shape index (κ1) is 16.6. The first-order chi connectivity index (χ1) is 12.2. The summed E-state index contributed by atoms with van der Waals surface area (Å²) in [7, 11) is 1.32. The first-order valence-electron chi connectivity index (χ1n) is 7.94. The third-order valence-corrected chi connectivity index (χ3v) is 4.04. The molecule has 0 aliphatic rings. The van der Waals surface area contributed by atoms with Crippen molar-refractivity contribution in [3.63, 3.8) is 0 Å². The van der Waals surface area contributed by atoms with Crippen LogP contribution in [0.15, 0.2) is 67.0 Å². The van der Waals surface area contributed by atoms with Crippen molar-refractivity contribution in [2.45, 2.75) is 12.5 Å². The summed E-state index contributed by atoms with van der Waals surface area (Å²) in [5, 5.41) is 4.90. The summed E-state index contributed by atoms with van der Waals surface area (Å²) >= 11 is 0. The van der Waals surface area contributed by atoms with E-state index in [9.17, 15) is 9.59 Å². The smallest absolute Gasteiger partial charge is 0.328 e. The zero-order chi connectivity index (χ0) is 17.6. The van der Waals surface area contributed by atoms with Crippen molar-refractivity contribution >= 4 is 22.6 Å². The highest BCUT2D eigenvalue weighted by Crippen LogP contribution is 2.20. The number of carbonyl (C=O) groups is 2. The molecule has 0 bridgehead atoms. The van der Waals surface area contributed by atoms with Crippen LogP contribution in [0.4, 0.5) is 0 Å². The van der Waals surface area contributed by atoms with Gasteiger partial charge in [0.05, 0.1) is 7.11 Å². The van der Waals surface area contributed by atoms with E-state index < -0.39 is 12.0 Å². The number of methoxy groups -OCH3 is 1. The monoisotopic (exact) mass is 334 g/mol. The minimum absolute atomic E-state index is 0.335. The van der Waals surface area contributed by atoms with Crippen molar-refractivity contribution in [2.24, 2.45) is 0 Å². The molecular formula is C20H18N2O3. The molecule has 0 radical (unpaired) electrons. The zero-order valence-corrected chi connectivity index (χ0v) is 13.8. The van der Waals surface area contributed by atoms with Crippen LogP contribution >= 0.6 is 0 Å². The molecule has 25 heavy (non-hydrogen) atoms. The lowest BCUT2D eigenvalue weighted by Gasteiger charge is -2.17. The zero-order valence-electron chi connectivity index (χ0n) is 13.8. The molecule has 1 heterocycles. The SMILES string of the molecule is COC(=O)[C@@H](Cc1cccc2ccccc12)NC(=O)c1ccncc1. The second-order valence-electron chi connectivity index (χ2n) is 5.63. The topological polar surface area (TPSA) is 68.3 Å². The largest absolute Gasteiger partial charge is 0.467 e. The minimum atomic E-state index is -0.767.